The number of benzene rings is 2. The van der Waals surface area contributed by atoms with Gasteiger partial charge in [-0.15, -0.1) is 0 Å². The molecule has 0 amide bonds. The van der Waals surface area contributed by atoms with Crippen molar-refractivity contribution in [1.82, 2.24) is 0 Å². The van der Waals surface area contributed by atoms with E-state index in [9.17, 15) is 8.42 Å². The lowest BCUT2D eigenvalue weighted by molar-refractivity contribution is 0.594. The number of nitrogens with two attached hydrogens (primary N) is 1. The van der Waals surface area contributed by atoms with E-state index in [-0.39, 0.29) is 4.90 Å². The van der Waals surface area contributed by atoms with E-state index in [1.807, 2.05) is 39.0 Å². The van der Waals surface area contributed by atoms with Crippen molar-refractivity contribution in [3.8, 4) is 0 Å². The summed E-state index contributed by atoms with van der Waals surface area (Å²) in [6, 6.07) is 10.6. The van der Waals surface area contributed by atoms with Gasteiger partial charge in [-0.2, -0.15) is 0 Å². The standard InChI is InChI=1S/C16H20N2O2S/c1-11-7-5-6-8-16(11)18(4)21(19,20)14-9-12(2)13(3)15(17)10-14/h5-10H,17H2,1-4H3. The number of sulfonamides is 1. The second-order valence-corrected chi connectivity index (χ2v) is 7.18. The second-order valence-electron chi connectivity index (χ2n) is 5.21. The SMILES string of the molecule is Cc1ccccc1N(C)S(=O)(=O)c1cc(C)c(C)c(N)c1. The molecule has 2 rings (SSSR count). The first-order chi connectivity index (χ1) is 9.75. The second kappa shape index (κ2) is 5.41. The molecule has 0 radical (unpaired) electrons. The van der Waals surface area contributed by atoms with Crippen molar-refractivity contribution < 1.29 is 8.42 Å². The van der Waals surface area contributed by atoms with Gasteiger partial charge in [0.05, 0.1) is 10.6 Å². The summed E-state index contributed by atoms with van der Waals surface area (Å²) in [4.78, 5) is 0.217. The Balaban J connectivity index is 2.55. The van der Waals surface area contributed by atoms with Crippen molar-refractivity contribution in [2.24, 2.45) is 0 Å². The van der Waals surface area contributed by atoms with Crippen molar-refractivity contribution in [3.05, 3.63) is 53.1 Å². The van der Waals surface area contributed by atoms with Gasteiger partial charge < -0.3 is 5.73 Å². The summed E-state index contributed by atoms with van der Waals surface area (Å²) in [5.74, 6) is 0. The largest absolute Gasteiger partial charge is 0.398 e. The monoisotopic (exact) mass is 304 g/mol. The number of rotatable bonds is 3. The highest BCUT2D eigenvalue weighted by atomic mass is 32.2. The number of nitrogens with zero attached hydrogens (tertiary/aromatic N) is 1. The molecule has 0 aliphatic carbocycles. The molecular formula is C16H20N2O2S. The fourth-order valence-electron chi connectivity index (χ4n) is 2.21. The number of nitrogen functional groups attached to an aromatic ring is 1. The molecule has 21 heavy (non-hydrogen) atoms. The maximum Gasteiger partial charge on any atom is 0.264 e. The lowest BCUT2D eigenvalue weighted by Crippen LogP contribution is -2.27. The molecule has 0 bridgehead atoms. The first-order valence-corrected chi connectivity index (χ1v) is 8.10. The third-order valence-corrected chi connectivity index (χ3v) is 5.54. The molecule has 0 heterocycles. The first-order valence-electron chi connectivity index (χ1n) is 6.66. The Labute approximate surface area is 126 Å². The van der Waals surface area contributed by atoms with Crippen LogP contribution in [0, 0.1) is 20.8 Å². The van der Waals surface area contributed by atoms with Crippen LogP contribution in [0.25, 0.3) is 0 Å². The molecule has 0 fully saturated rings. The van der Waals surface area contributed by atoms with Crippen LogP contribution in [0.2, 0.25) is 0 Å². The molecule has 2 aromatic rings. The lowest BCUT2D eigenvalue weighted by atomic mass is 10.1. The molecule has 112 valence electrons. The third-order valence-electron chi connectivity index (χ3n) is 3.79. The minimum Gasteiger partial charge on any atom is -0.398 e. The Bertz CT molecular complexity index is 760. The molecule has 0 aliphatic rings. The average Bonchev–Trinajstić information content (AvgIpc) is 2.44. The summed E-state index contributed by atoms with van der Waals surface area (Å²) in [6.45, 7) is 5.63. The van der Waals surface area contributed by atoms with Crippen LogP contribution in [0.3, 0.4) is 0 Å². The first kappa shape index (κ1) is 15.4. The molecule has 0 unspecified atom stereocenters. The van der Waals surface area contributed by atoms with Crippen LogP contribution in [0.5, 0.6) is 0 Å². The Morgan fingerprint density at radius 3 is 2.19 bits per heavy atom. The number of anilines is 2. The van der Waals surface area contributed by atoms with Gasteiger partial charge >= 0.3 is 0 Å². The zero-order valence-electron chi connectivity index (χ0n) is 12.7. The Hall–Kier alpha value is -2.01. The van der Waals surface area contributed by atoms with Gasteiger partial charge in [-0.1, -0.05) is 18.2 Å². The van der Waals surface area contributed by atoms with Gasteiger partial charge in [0, 0.05) is 12.7 Å². The van der Waals surface area contributed by atoms with Crippen molar-refractivity contribution in [3.63, 3.8) is 0 Å². The molecule has 0 saturated carbocycles. The molecule has 0 aliphatic heterocycles. The minimum absolute atomic E-state index is 0.217. The summed E-state index contributed by atoms with van der Waals surface area (Å²) in [5, 5.41) is 0. The van der Waals surface area contributed by atoms with Crippen LogP contribution in [-0.2, 0) is 10.0 Å². The summed E-state index contributed by atoms with van der Waals surface area (Å²) in [5.41, 5.74) is 9.74. The van der Waals surface area contributed by atoms with E-state index in [0.29, 0.717) is 11.4 Å². The van der Waals surface area contributed by atoms with Crippen molar-refractivity contribution >= 4 is 21.4 Å². The van der Waals surface area contributed by atoms with Gasteiger partial charge in [-0.05, 0) is 55.7 Å². The van der Waals surface area contributed by atoms with E-state index in [4.69, 9.17) is 5.73 Å². The molecule has 5 heteroatoms. The number of para-hydroxylation sites is 1. The van der Waals surface area contributed by atoms with Crippen LogP contribution in [0.15, 0.2) is 41.3 Å². The molecular weight excluding hydrogens is 284 g/mol. The van der Waals surface area contributed by atoms with Crippen LogP contribution < -0.4 is 10.0 Å². The van der Waals surface area contributed by atoms with Gasteiger partial charge in [0.25, 0.3) is 10.0 Å². The smallest absolute Gasteiger partial charge is 0.264 e. The van der Waals surface area contributed by atoms with E-state index < -0.39 is 10.0 Å². The molecule has 0 atom stereocenters. The average molecular weight is 304 g/mol. The minimum atomic E-state index is -3.62. The summed E-state index contributed by atoms with van der Waals surface area (Å²) >= 11 is 0. The van der Waals surface area contributed by atoms with Crippen LogP contribution in [0.4, 0.5) is 11.4 Å². The highest BCUT2D eigenvalue weighted by molar-refractivity contribution is 7.92. The highest BCUT2D eigenvalue weighted by Crippen LogP contribution is 2.28. The molecule has 0 spiro atoms. The molecule has 0 saturated heterocycles. The number of hydrogen-bond donors (Lipinski definition) is 1. The van der Waals surface area contributed by atoms with Crippen LogP contribution >= 0.6 is 0 Å². The van der Waals surface area contributed by atoms with E-state index in [2.05, 4.69) is 0 Å². The normalized spacial score (nSPS) is 11.4. The predicted octanol–water partition coefficient (Wildman–Crippen LogP) is 3.02. The van der Waals surface area contributed by atoms with E-state index in [1.54, 1.807) is 19.2 Å². The predicted molar refractivity (Wildman–Crippen MR) is 87.1 cm³/mol. The van der Waals surface area contributed by atoms with E-state index in [1.165, 1.54) is 10.4 Å². The number of hydrogen-bond acceptors (Lipinski definition) is 3. The van der Waals surface area contributed by atoms with Gasteiger partial charge in [-0.25, -0.2) is 8.42 Å². The van der Waals surface area contributed by atoms with E-state index in [0.717, 1.165) is 16.7 Å². The Morgan fingerprint density at radius 2 is 1.62 bits per heavy atom. The van der Waals surface area contributed by atoms with E-state index >= 15 is 0 Å². The summed E-state index contributed by atoms with van der Waals surface area (Å²) < 4.78 is 26.8. The van der Waals surface area contributed by atoms with Crippen molar-refractivity contribution in [1.29, 1.82) is 0 Å². The summed E-state index contributed by atoms with van der Waals surface area (Å²) in [7, 11) is -2.06. The number of aryl methyl sites for hydroxylation is 2. The van der Waals surface area contributed by atoms with Crippen molar-refractivity contribution in [2.45, 2.75) is 25.7 Å². The van der Waals surface area contributed by atoms with Crippen molar-refractivity contribution in [2.75, 3.05) is 17.1 Å². The van der Waals surface area contributed by atoms with Crippen LogP contribution in [-0.4, -0.2) is 15.5 Å². The fraction of sp³-hybridized carbons (Fsp3) is 0.250. The topological polar surface area (TPSA) is 63.4 Å². The summed E-state index contributed by atoms with van der Waals surface area (Å²) in [6.07, 6.45) is 0. The highest BCUT2D eigenvalue weighted by Gasteiger charge is 2.23. The third kappa shape index (κ3) is 2.74. The Morgan fingerprint density at radius 1 is 1.00 bits per heavy atom. The van der Waals surface area contributed by atoms with Gasteiger partial charge in [-0.3, -0.25) is 4.31 Å². The zero-order valence-corrected chi connectivity index (χ0v) is 13.5. The van der Waals surface area contributed by atoms with Crippen LogP contribution in [0.1, 0.15) is 16.7 Å². The molecule has 0 aromatic heterocycles. The fourth-order valence-corrected chi connectivity index (χ4v) is 3.59. The maximum atomic E-state index is 12.8. The van der Waals surface area contributed by atoms with Gasteiger partial charge in [0.2, 0.25) is 0 Å². The quantitative estimate of drug-likeness (QED) is 0.887. The maximum absolute atomic E-state index is 12.8. The van der Waals surface area contributed by atoms with Gasteiger partial charge in [0.15, 0.2) is 0 Å². The molecule has 2 N–H and O–H groups in total. The lowest BCUT2D eigenvalue weighted by Gasteiger charge is -2.22. The van der Waals surface area contributed by atoms with Gasteiger partial charge in [0.1, 0.15) is 0 Å². The zero-order chi connectivity index (χ0) is 15.8. The molecule has 2 aromatic carbocycles. The molecule has 4 nitrogen and oxygen atoms in total. The Kier molecular flexibility index (Phi) is 3.96.